The van der Waals surface area contributed by atoms with Crippen LogP contribution in [0.5, 0.6) is 5.75 Å². The number of thiophene rings is 1. The molecule has 3 rings (SSSR count). The van der Waals surface area contributed by atoms with Gasteiger partial charge in [-0.15, -0.1) is 11.3 Å². The summed E-state index contributed by atoms with van der Waals surface area (Å²) in [7, 11) is 1.66. The number of aryl methyl sites for hydroxylation is 1. The number of benzene rings is 1. The minimum Gasteiger partial charge on any atom is -0.497 e. The number of methoxy groups -OCH3 is 1. The summed E-state index contributed by atoms with van der Waals surface area (Å²) in [5, 5.41) is 20.0. The number of amides is 1. The predicted molar refractivity (Wildman–Crippen MR) is 117 cm³/mol. The number of likely N-dealkylation sites (tertiary alicyclic amines) is 1. The lowest BCUT2D eigenvalue weighted by Crippen LogP contribution is -2.40. The van der Waals surface area contributed by atoms with Gasteiger partial charge in [0.25, 0.3) is 0 Å². The van der Waals surface area contributed by atoms with E-state index in [-0.39, 0.29) is 11.8 Å². The fourth-order valence-electron chi connectivity index (χ4n) is 3.20. The number of hydrogen-bond donors (Lipinski definition) is 3. The zero-order valence-electron chi connectivity index (χ0n) is 17.7. The van der Waals surface area contributed by atoms with Crippen molar-refractivity contribution >= 4 is 29.2 Å². The van der Waals surface area contributed by atoms with Gasteiger partial charge >= 0.3 is 11.9 Å². The second-order valence-electron chi connectivity index (χ2n) is 7.25. The molecule has 0 atom stereocenters. The molecule has 2 aromatic rings. The molecular formula is C22H28N2O6S. The Kier molecular flexibility index (Phi) is 9.48. The fourth-order valence-corrected chi connectivity index (χ4v) is 4.15. The molecule has 0 aliphatic carbocycles. The van der Waals surface area contributed by atoms with Gasteiger partial charge in [0.1, 0.15) is 5.75 Å². The van der Waals surface area contributed by atoms with Crippen LogP contribution in [0.3, 0.4) is 0 Å². The number of carbonyl (C=O) groups is 3. The molecular weight excluding hydrogens is 420 g/mol. The van der Waals surface area contributed by atoms with E-state index in [1.54, 1.807) is 7.11 Å². The number of carbonyl (C=O) groups excluding carboxylic acids is 1. The summed E-state index contributed by atoms with van der Waals surface area (Å²) < 4.78 is 5.15. The Hall–Kier alpha value is -2.91. The van der Waals surface area contributed by atoms with Crippen LogP contribution in [0.1, 0.15) is 28.8 Å². The molecule has 1 aromatic heterocycles. The van der Waals surface area contributed by atoms with Crippen molar-refractivity contribution in [2.45, 2.75) is 32.9 Å². The zero-order valence-corrected chi connectivity index (χ0v) is 18.5. The standard InChI is InChI=1S/C20H26N2O2S.C2H2O4/c1-15-9-12-25-19(15)14-22-10-7-17(8-11-22)20(23)21-13-16-3-5-18(24-2)6-4-16;3-1(4)2(5)6/h3-6,9,12,17H,7-8,10-11,13-14H2,1-2H3,(H,21,23);(H,3,4)(H,5,6). The number of nitrogens with one attached hydrogen (secondary N) is 1. The Labute approximate surface area is 185 Å². The number of carboxylic acids is 2. The molecule has 1 aromatic carbocycles. The van der Waals surface area contributed by atoms with Crippen molar-refractivity contribution in [1.29, 1.82) is 0 Å². The summed E-state index contributed by atoms with van der Waals surface area (Å²) >= 11 is 1.83. The van der Waals surface area contributed by atoms with Gasteiger partial charge in [-0.2, -0.15) is 0 Å². The smallest absolute Gasteiger partial charge is 0.414 e. The third-order valence-electron chi connectivity index (χ3n) is 5.10. The van der Waals surface area contributed by atoms with E-state index in [1.165, 1.54) is 10.4 Å². The van der Waals surface area contributed by atoms with Gasteiger partial charge in [0.05, 0.1) is 7.11 Å². The molecule has 1 amide bonds. The zero-order chi connectivity index (χ0) is 22.8. The molecule has 31 heavy (non-hydrogen) atoms. The highest BCUT2D eigenvalue weighted by Gasteiger charge is 2.25. The molecule has 3 N–H and O–H groups in total. The minimum atomic E-state index is -1.82. The number of carboxylic acid groups (broad SMARTS) is 2. The van der Waals surface area contributed by atoms with Crippen LogP contribution in [0.2, 0.25) is 0 Å². The highest BCUT2D eigenvalue weighted by atomic mass is 32.1. The molecule has 8 nitrogen and oxygen atoms in total. The first-order chi connectivity index (χ1) is 14.8. The van der Waals surface area contributed by atoms with E-state index >= 15 is 0 Å². The Morgan fingerprint density at radius 2 is 1.71 bits per heavy atom. The maximum atomic E-state index is 12.4. The van der Waals surface area contributed by atoms with Gasteiger partial charge in [-0.1, -0.05) is 12.1 Å². The van der Waals surface area contributed by atoms with Crippen LogP contribution >= 0.6 is 11.3 Å². The number of nitrogens with zero attached hydrogens (tertiary/aromatic N) is 1. The maximum absolute atomic E-state index is 12.4. The molecule has 1 aliphatic rings. The molecule has 0 bridgehead atoms. The normalized spacial score (nSPS) is 14.3. The number of rotatable bonds is 6. The maximum Gasteiger partial charge on any atom is 0.414 e. The predicted octanol–water partition coefficient (Wildman–Crippen LogP) is 2.75. The van der Waals surface area contributed by atoms with E-state index in [1.807, 2.05) is 35.6 Å². The van der Waals surface area contributed by atoms with Crippen LogP contribution in [0.4, 0.5) is 0 Å². The Morgan fingerprint density at radius 3 is 2.19 bits per heavy atom. The largest absolute Gasteiger partial charge is 0.497 e. The first-order valence-corrected chi connectivity index (χ1v) is 10.8. The molecule has 2 heterocycles. The van der Waals surface area contributed by atoms with Crippen molar-refractivity contribution in [3.63, 3.8) is 0 Å². The lowest BCUT2D eigenvalue weighted by atomic mass is 9.95. The Bertz CT molecular complexity index is 860. The minimum absolute atomic E-state index is 0.138. The Morgan fingerprint density at radius 1 is 1.10 bits per heavy atom. The third-order valence-corrected chi connectivity index (χ3v) is 6.11. The van der Waals surface area contributed by atoms with Crippen LogP contribution in [0, 0.1) is 12.8 Å². The summed E-state index contributed by atoms with van der Waals surface area (Å²) in [6.07, 6.45) is 1.89. The molecule has 1 fully saturated rings. The highest BCUT2D eigenvalue weighted by molar-refractivity contribution is 7.10. The van der Waals surface area contributed by atoms with Crippen LogP contribution in [-0.2, 0) is 27.5 Å². The first-order valence-electron chi connectivity index (χ1n) is 9.92. The SMILES string of the molecule is COc1ccc(CNC(=O)C2CCN(Cc3sccc3C)CC2)cc1.O=C(O)C(=O)O. The van der Waals surface area contributed by atoms with Crippen molar-refractivity contribution in [2.75, 3.05) is 20.2 Å². The van der Waals surface area contributed by atoms with Gasteiger partial charge in [-0.05, 0) is 67.6 Å². The molecule has 0 radical (unpaired) electrons. The molecule has 1 saturated heterocycles. The molecule has 0 spiro atoms. The Balaban J connectivity index is 0.000000501. The van der Waals surface area contributed by atoms with Crippen molar-refractivity contribution < 1.29 is 29.3 Å². The van der Waals surface area contributed by atoms with Gasteiger partial charge in [-0.25, -0.2) is 9.59 Å². The van der Waals surface area contributed by atoms with Gasteiger partial charge < -0.3 is 20.3 Å². The summed E-state index contributed by atoms with van der Waals surface area (Å²) in [5.41, 5.74) is 2.48. The van der Waals surface area contributed by atoms with Crippen LogP contribution in [0.25, 0.3) is 0 Å². The first kappa shape index (κ1) is 24.4. The van der Waals surface area contributed by atoms with Gasteiger partial charge in [0, 0.05) is 23.9 Å². The summed E-state index contributed by atoms with van der Waals surface area (Å²) in [6.45, 7) is 5.77. The van der Waals surface area contributed by atoms with Crippen LogP contribution < -0.4 is 10.1 Å². The topological polar surface area (TPSA) is 116 Å². The molecule has 0 saturated carbocycles. The summed E-state index contributed by atoms with van der Waals surface area (Å²) in [4.78, 5) is 34.5. The van der Waals surface area contributed by atoms with Crippen molar-refractivity contribution in [1.82, 2.24) is 10.2 Å². The van der Waals surface area contributed by atoms with Gasteiger partial charge in [0.15, 0.2) is 0 Å². The number of ether oxygens (including phenoxy) is 1. The van der Waals surface area contributed by atoms with E-state index in [9.17, 15) is 4.79 Å². The van der Waals surface area contributed by atoms with E-state index in [0.29, 0.717) is 6.54 Å². The average molecular weight is 449 g/mol. The summed E-state index contributed by atoms with van der Waals surface area (Å²) in [6, 6.07) is 10.0. The quantitative estimate of drug-likeness (QED) is 0.582. The van der Waals surface area contributed by atoms with E-state index in [0.717, 1.165) is 43.8 Å². The highest BCUT2D eigenvalue weighted by Crippen LogP contribution is 2.23. The average Bonchev–Trinajstić information content (AvgIpc) is 3.17. The second kappa shape index (κ2) is 12.1. The number of aliphatic carboxylic acids is 2. The summed E-state index contributed by atoms with van der Waals surface area (Å²) in [5.74, 6) is -2.49. The van der Waals surface area contributed by atoms with Gasteiger partial charge in [-0.3, -0.25) is 9.69 Å². The number of hydrogen-bond acceptors (Lipinski definition) is 6. The monoisotopic (exact) mass is 448 g/mol. The molecule has 9 heteroatoms. The van der Waals surface area contributed by atoms with Gasteiger partial charge in [0.2, 0.25) is 5.91 Å². The van der Waals surface area contributed by atoms with Crippen LogP contribution in [-0.4, -0.2) is 53.2 Å². The van der Waals surface area contributed by atoms with Crippen molar-refractivity contribution in [3.8, 4) is 5.75 Å². The van der Waals surface area contributed by atoms with E-state index in [2.05, 4.69) is 28.6 Å². The fraction of sp³-hybridized carbons (Fsp3) is 0.409. The number of piperidine rings is 1. The van der Waals surface area contributed by atoms with E-state index in [4.69, 9.17) is 24.5 Å². The van der Waals surface area contributed by atoms with Crippen molar-refractivity contribution in [3.05, 3.63) is 51.7 Å². The third kappa shape index (κ3) is 8.03. The molecule has 168 valence electrons. The van der Waals surface area contributed by atoms with Crippen molar-refractivity contribution in [2.24, 2.45) is 5.92 Å². The lowest BCUT2D eigenvalue weighted by Gasteiger charge is -2.31. The second-order valence-corrected chi connectivity index (χ2v) is 8.25. The lowest BCUT2D eigenvalue weighted by molar-refractivity contribution is -0.159. The van der Waals surface area contributed by atoms with Crippen LogP contribution in [0.15, 0.2) is 35.7 Å². The molecule has 1 aliphatic heterocycles. The molecule has 0 unspecified atom stereocenters. The van der Waals surface area contributed by atoms with E-state index < -0.39 is 11.9 Å².